The van der Waals surface area contributed by atoms with Gasteiger partial charge in [-0.25, -0.2) is 0 Å². The van der Waals surface area contributed by atoms with Crippen LogP contribution in [0.5, 0.6) is 11.5 Å². The van der Waals surface area contributed by atoms with E-state index in [0.29, 0.717) is 19.5 Å². The van der Waals surface area contributed by atoms with Crippen molar-refractivity contribution in [2.75, 3.05) is 36.4 Å². The maximum absolute atomic E-state index is 13.8. The molecule has 2 aliphatic rings. The van der Waals surface area contributed by atoms with Crippen molar-refractivity contribution in [2.24, 2.45) is 5.41 Å². The van der Waals surface area contributed by atoms with Crippen LogP contribution >= 0.6 is 0 Å². The number of rotatable bonds is 4. The van der Waals surface area contributed by atoms with Crippen LogP contribution in [0.3, 0.4) is 0 Å². The highest BCUT2D eigenvalue weighted by molar-refractivity contribution is 5.91. The summed E-state index contributed by atoms with van der Waals surface area (Å²) in [6, 6.07) is 23.6. The minimum Gasteiger partial charge on any atom is -0.457 e. The standard InChI is InChI=1S/C30H33N3O3/c1-30(2,3)20-27(34)31-21-12-14-22(15-13-21)32-16-18-33(19-17-32)29(35)28-23-8-4-6-10-25(23)36-26-11-7-5-9-24(26)28/h4-15,28H,16-20H2,1-3H3,(H,31,34). The smallest absolute Gasteiger partial charge is 0.234 e. The highest BCUT2D eigenvalue weighted by Gasteiger charge is 2.36. The molecule has 0 bridgehead atoms. The van der Waals surface area contributed by atoms with Crippen molar-refractivity contribution < 1.29 is 14.3 Å². The summed E-state index contributed by atoms with van der Waals surface area (Å²) < 4.78 is 6.07. The number of nitrogens with one attached hydrogen (secondary N) is 1. The molecule has 2 aliphatic heterocycles. The molecule has 0 spiro atoms. The molecule has 0 atom stereocenters. The fourth-order valence-corrected chi connectivity index (χ4v) is 4.99. The van der Waals surface area contributed by atoms with Gasteiger partial charge in [0.15, 0.2) is 0 Å². The number of amides is 2. The first-order valence-electron chi connectivity index (χ1n) is 12.6. The summed E-state index contributed by atoms with van der Waals surface area (Å²) in [6.45, 7) is 9.00. The zero-order valence-corrected chi connectivity index (χ0v) is 21.2. The molecule has 6 nitrogen and oxygen atoms in total. The fourth-order valence-electron chi connectivity index (χ4n) is 4.99. The molecule has 0 saturated carbocycles. The van der Waals surface area contributed by atoms with Crippen molar-refractivity contribution >= 4 is 23.2 Å². The Labute approximate surface area is 212 Å². The van der Waals surface area contributed by atoms with Gasteiger partial charge in [-0.1, -0.05) is 57.2 Å². The van der Waals surface area contributed by atoms with Crippen LogP contribution in [0.15, 0.2) is 72.8 Å². The van der Waals surface area contributed by atoms with Gasteiger partial charge in [-0.05, 0) is 41.8 Å². The summed E-state index contributed by atoms with van der Waals surface area (Å²) in [7, 11) is 0. The van der Waals surface area contributed by atoms with E-state index in [4.69, 9.17) is 4.74 Å². The van der Waals surface area contributed by atoms with Crippen LogP contribution in [-0.2, 0) is 9.59 Å². The zero-order chi connectivity index (χ0) is 25.3. The molecule has 0 radical (unpaired) electrons. The van der Waals surface area contributed by atoms with Gasteiger partial charge in [0.2, 0.25) is 11.8 Å². The summed E-state index contributed by atoms with van der Waals surface area (Å²) in [5, 5.41) is 2.98. The first-order valence-corrected chi connectivity index (χ1v) is 12.6. The number of hydrogen-bond donors (Lipinski definition) is 1. The number of ether oxygens (including phenoxy) is 1. The van der Waals surface area contributed by atoms with Gasteiger partial charge in [0.05, 0.1) is 5.92 Å². The van der Waals surface area contributed by atoms with E-state index in [1.807, 2.05) is 77.7 Å². The normalized spacial score (nSPS) is 15.5. The van der Waals surface area contributed by atoms with E-state index in [2.05, 4.69) is 31.0 Å². The van der Waals surface area contributed by atoms with Crippen molar-refractivity contribution in [1.29, 1.82) is 0 Å². The van der Waals surface area contributed by atoms with Crippen LogP contribution < -0.4 is 15.0 Å². The second-order valence-corrected chi connectivity index (χ2v) is 10.8. The largest absolute Gasteiger partial charge is 0.457 e. The molecule has 1 saturated heterocycles. The lowest BCUT2D eigenvalue weighted by Gasteiger charge is -2.38. The zero-order valence-electron chi connectivity index (χ0n) is 21.2. The van der Waals surface area contributed by atoms with Gasteiger partial charge in [-0.2, -0.15) is 0 Å². The summed E-state index contributed by atoms with van der Waals surface area (Å²) in [6.07, 6.45) is 0.479. The summed E-state index contributed by atoms with van der Waals surface area (Å²) in [5.74, 6) is 1.30. The molecule has 186 valence electrons. The third-order valence-electron chi connectivity index (χ3n) is 6.73. The Hall–Kier alpha value is -3.80. The third kappa shape index (κ3) is 5.08. The number of nitrogens with zero attached hydrogens (tertiary/aromatic N) is 2. The van der Waals surface area contributed by atoms with Crippen LogP contribution in [0.25, 0.3) is 0 Å². The summed E-state index contributed by atoms with van der Waals surface area (Å²) in [5.41, 5.74) is 3.70. The van der Waals surface area contributed by atoms with Gasteiger partial charge in [0.25, 0.3) is 0 Å². The molecule has 1 fully saturated rings. The van der Waals surface area contributed by atoms with E-state index < -0.39 is 0 Å². The van der Waals surface area contributed by atoms with E-state index in [9.17, 15) is 9.59 Å². The molecule has 0 aromatic heterocycles. The molecule has 0 aliphatic carbocycles. The van der Waals surface area contributed by atoms with E-state index in [1.54, 1.807) is 0 Å². The maximum atomic E-state index is 13.8. The number of fused-ring (bicyclic) bond motifs is 2. The SMILES string of the molecule is CC(C)(C)CC(=O)Nc1ccc(N2CCN(C(=O)C3c4ccccc4Oc4ccccc43)CC2)cc1. The van der Waals surface area contributed by atoms with E-state index in [0.717, 1.165) is 47.1 Å². The fraction of sp³-hybridized carbons (Fsp3) is 0.333. The number of carbonyl (C=O) groups excluding carboxylic acids is 2. The molecule has 2 amide bonds. The van der Waals surface area contributed by atoms with Gasteiger partial charge in [-0.3, -0.25) is 9.59 Å². The lowest BCUT2D eigenvalue weighted by molar-refractivity contribution is -0.132. The molecule has 3 aromatic rings. The number of para-hydroxylation sites is 2. The van der Waals surface area contributed by atoms with Crippen LogP contribution in [0, 0.1) is 5.41 Å². The molecule has 36 heavy (non-hydrogen) atoms. The van der Waals surface area contributed by atoms with Crippen molar-refractivity contribution in [3.8, 4) is 11.5 Å². The topological polar surface area (TPSA) is 61.9 Å². The van der Waals surface area contributed by atoms with E-state index >= 15 is 0 Å². The molecular weight excluding hydrogens is 450 g/mol. The monoisotopic (exact) mass is 483 g/mol. The Kier molecular flexibility index (Phi) is 6.44. The number of hydrogen-bond acceptors (Lipinski definition) is 4. The molecule has 3 aromatic carbocycles. The molecule has 1 N–H and O–H groups in total. The molecule has 2 heterocycles. The number of benzene rings is 3. The number of anilines is 2. The van der Waals surface area contributed by atoms with Crippen molar-refractivity contribution in [1.82, 2.24) is 4.90 Å². The minimum atomic E-state index is -0.353. The second kappa shape index (κ2) is 9.69. The Morgan fingerprint density at radius 2 is 1.39 bits per heavy atom. The van der Waals surface area contributed by atoms with Gasteiger partial charge >= 0.3 is 0 Å². The van der Waals surface area contributed by atoms with Crippen LogP contribution in [0.4, 0.5) is 11.4 Å². The first kappa shape index (κ1) is 23.9. The van der Waals surface area contributed by atoms with Gasteiger partial charge in [0.1, 0.15) is 11.5 Å². The molecular formula is C30H33N3O3. The quantitative estimate of drug-likeness (QED) is 0.521. The maximum Gasteiger partial charge on any atom is 0.234 e. The average Bonchev–Trinajstić information content (AvgIpc) is 2.86. The van der Waals surface area contributed by atoms with Crippen LogP contribution in [0.2, 0.25) is 0 Å². The molecule has 6 heteroatoms. The third-order valence-corrected chi connectivity index (χ3v) is 6.73. The first-order chi connectivity index (χ1) is 17.3. The molecule has 5 rings (SSSR count). The van der Waals surface area contributed by atoms with Gasteiger partial charge in [0, 0.05) is 55.1 Å². The summed E-state index contributed by atoms with van der Waals surface area (Å²) >= 11 is 0. The van der Waals surface area contributed by atoms with Crippen molar-refractivity contribution in [3.05, 3.63) is 83.9 Å². The average molecular weight is 484 g/mol. The molecule has 0 unspecified atom stereocenters. The Morgan fingerprint density at radius 1 is 0.833 bits per heavy atom. The second-order valence-electron chi connectivity index (χ2n) is 10.8. The highest BCUT2D eigenvalue weighted by atomic mass is 16.5. The summed E-state index contributed by atoms with van der Waals surface area (Å²) in [4.78, 5) is 30.3. The lowest BCUT2D eigenvalue weighted by Crippen LogP contribution is -2.50. The Bertz CT molecular complexity index is 1210. The Balaban J connectivity index is 1.24. The van der Waals surface area contributed by atoms with Crippen molar-refractivity contribution in [2.45, 2.75) is 33.1 Å². The lowest BCUT2D eigenvalue weighted by atomic mass is 9.86. The predicted octanol–water partition coefficient (Wildman–Crippen LogP) is 5.65. The van der Waals surface area contributed by atoms with Crippen molar-refractivity contribution in [3.63, 3.8) is 0 Å². The highest BCUT2D eigenvalue weighted by Crippen LogP contribution is 2.44. The van der Waals surface area contributed by atoms with Crippen LogP contribution in [-0.4, -0.2) is 42.9 Å². The van der Waals surface area contributed by atoms with E-state index in [1.165, 1.54) is 0 Å². The number of piperazine rings is 1. The van der Waals surface area contributed by atoms with Gasteiger partial charge < -0.3 is 19.9 Å². The minimum absolute atomic E-state index is 0.0265. The van der Waals surface area contributed by atoms with E-state index in [-0.39, 0.29) is 23.1 Å². The predicted molar refractivity (Wildman–Crippen MR) is 143 cm³/mol. The number of carbonyl (C=O) groups is 2. The van der Waals surface area contributed by atoms with Crippen LogP contribution in [0.1, 0.15) is 44.2 Å². The van der Waals surface area contributed by atoms with Gasteiger partial charge in [-0.15, -0.1) is 0 Å². The Morgan fingerprint density at radius 3 is 1.94 bits per heavy atom.